The molecule has 1 atom stereocenters. The van der Waals surface area contributed by atoms with E-state index in [1.165, 1.54) is 0 Å². The summed E-state index contributed by atoms with van der Waals surface area (Å²) in [6.45, 7) is 0. The van der Waals surface area contributed by atoms with E-state index in [9.17, 15) is 0 Å². The molecule has 0 amide bonds. The largest absolute Gasteiger partial charge is 0.121 e. The molecule has 0 nitrogen and oxygen atoms in total. The van der Waals surface area contributed by atoms with Crippen LogP contribution in [0.25, 0.3) is 0 Å². The maximum absolute atomic E-state index is 6.52. The number of hydrogen-bond acceptors (Lipinski definition) is 1. The van der Waals surface area contributed by atoms with Gasteiger partial charge in [-0.2, -0.15) is 0 Å². The van der Waals surface area contributed by atoms with Crippen LogP contribution < -0.4 is 0 Å². The Hall–Kier alpha value is 1.19. The van der Waals surface area contributed by atoms with E-state index in [2.05, 4.69) is 54.5 Å². The van der Waals surface area contributed by atoms with Gasteiger partial charge in [-0.05, 0) is 84.3 Å². The average molecular weight is 527 g/mol. The summed E-state index contributed by atoms with van der Waals surface area (Å²) < 4.78 is 3.21. The second kappa shape index (κ2) is 6.09. The number of alkyl halides is 1. The lowest BCUT2D eigenvalue weighted by Gasteiger charge is -2.11. The van der Waals surface area contributed by atoms with E-state index in [0.717, 1.165) is 22.3 Å². The molecule has 0 fully saturated rings. The van der Waals surface area contributed by atoms with Crippen molar-refractivity contribution in [3.8, 4) is 0 Å². The highest BCUT2D eigenvalue weighted by Crippen LogP contribution is 2.42. The molecule has 0 aliphatic rings. The molecular weight excluding hydrogens is 522 g/mol. The highest BCUT2D eigenvalue weighted by Gasteiger charge is 2.19. The van der Waals surface area contributed by atoms with E-state index in [1.54, 1.807) is 11.3 Å². The Kier molecular flexibility index (Phi) is 5.23. The molecule has 2 aromatic rings. The van der Waals surface area contributed by atoms with Crippen molar-refractivity contribution in [1.29, 1.82) is 0 Å². The summed E-state index contributed by atoms with van der Waals surface area (Å²) in [5.41, 5.74) is 2.09. The molecule has 2 rings (SSSR count). The zero-order chi connectivity index (χ0) is 12.6. The van der Waals surface area contributed by atoms with Crippen LogP contribution in [-0.4, -0.2) is 0 Å². The van der Waals surface area contributed by atoms with E-state index in [-0.39, 0.29) is 5.38 Å². The van der Waals surface area contributed by atoms with Gasteiger partial charge in [0.05, 0.1) is 12.9 Å². The van der Waals surface area contributed by atoms with Gasteiger partial charge in [0.1, 0.15) is 0 Å². The second-order valence-electron chi connectivity index (χ2n) is 3.31. The predicted molar refractivity (Wildman–Crippen MR) is 91.6 cm³/mol. The van der Waals surface area contributed by atoms with Crippen molar-refractivity contribution in [2.24, 2.45) is 0 Å². The maximum Gasteiger partial charge on any atom is 0.0865 e. The second-order valence-corrected chi connectivity index (χ2v) is 9.09. The first-order valence-electron chi connectivity index (χ1n) is 4.53. The van der Waals surface area contributed by atoms with Crippen LogP contribution in [0.4, 0.5) is 0 Å². The molecular formula is C11H5Br2Cl2IS. The average Bonchev–Trinajstić information content (AvgIpc) is 2.60. The van der Waals surface area contributed by atoms with Crippen molar-refractivity contribution < 1.29 is 0 Å². The van der Waals surface area contributed by atoms with Crippen molar-refractivity contribution in [3.63, 3.8) is 0 Å². The zero-order valence-electron chi connectivity index (χ0n) is 8.18. The minimum Gasteiger partial charge on any atom is -0.121 e. The Labute approximate surface area is 144 Å². The molecule has 1 unspecified atom stereocenters. The molecule has 1 heterocycles. The van der Waals surface area contributed by atoms with E-state index in [0.29, 0.717) is 5.02 Å². The molecule has 0 aliphatic carbocycles. The van der Waals surface area contributed by atoms with Gasteiger partial charge >= 0.3 is 0 Å². The Morgan fingerprint density at radius 2 is 1.88 bits per heavy atom. The van der Waals surface area contributed by atoms with Crippen LogP contribution in [0.1, 0.15) is 16.5 Å². The number of halogens is 5. The molecule has 1 aromatic carbocycles. The van der Waals surface area contributed by atoms with Crippen LogP contribution >= 0.6 is 89.0 Å². The van der Waals surface area contributed by atoms with Gasteiger partial charge in [0.2, 0.25) is 0 Å². The van der Waals surface area contributed by atoms with Crippen molar-refractivity contribution in [3.05, 3.63) is 51.6 Å². The first kappa shape index (κ1) is 14.6. The first-order valence-corrected chi connectivity index (χ1v) is 8.82. The molecule has 0 saturated heterocycles. The Morgan fingerprint density at radius 1 is 1.18 bits per heavy atom. The summed E-state index contributed by atoms with van der Waals surface area (Å²) in [4.78, 5) is 0. The Bertz CT molecular complexity index is 556. The van der Waals surface area contributed by atoms with Crippen molar-refractivity contribution in [2.45, 2.75) is 5.38 Å². The molecule has 1 aromatic heterocycles. The number of benzene rings is 1. The fraction of sp³-hybridized carbons (Fsp3) is 0.0909. The number of rotatable bonds is 2. The smallest absolute Gasteiger partial charge is 0.0865 e. The van der Waals surface area contributed by atoms with Crippen LogP contribution in [-0.2, 0) is 0 Å². The number of hydrogen-bond donors (Lipinski definition) is 0. The minimum atomic E-state index is -0.197. The molecule has 0 aliphatic heterocycles. The van der Waals surface area contributed by atoms with Gasteiger partial charge in [-0.15, -0.1) is 22.9 Å². The van der Waals surface area contributed by atoms with Crippen LogP contribution in [0.5, 0.6) is 0 Å². The molecule has 6 heteroatoms. The summed E-state index contributed by atoms with van der Waals surface area (Å²) in [6, 6.07) is 7.79. The van der Waals surface area contributed by atoms with E-state index >= 15 is 0 Å². The van der Waals surface area contributed by atoms with Crippen LogP contribution in [0, 0.1) is 3.57 Å². The highest BCUT2D eigenvalue weighted by atomic mass is 127. The lowest BCUT2D eigenvalue weighted by atomic mass is 10.1. The van der Waals surface area contributed by atoms with Crippen molar-refractivity contribution in [2.75, 3.05) is 0 Å². The molecule has 0 spiro atoms. The van der Waals surface area contributed by atoms with Gasteiger partial charge in [0, 0.05) is 14.2 Å². The van der Waals surface area contributed by atoms with E-state index < -0.39 is 0 Å². The summed E-state index contributed by atoms with van der Waals surface area (Å²) in [6.07, 6.45) is 0. The van der Waals surface area contributed by atoms with Gasteiger partial charge in [0.25, 0.3) is 0 Å². The van der Waals surface area contributed by atoms with Crippen molar-refractivity contribution >= 4 is 89.0 Å². The third-order valence-corrected chi connectivity index (χ3v) is 6.26. The Morgan fingerprint density at radius 3 is 2.47 bits per heavy atom. The van der Waals surface area contributed by atoms with E-state index in [4.69, 9.17) is 23.2 Å². The lowest BCUT2D eigenvalue weighted by Crippen LogP contribution is -1.95. The summed E-state index contributed by atoms with van der Waals surface area (Å²) in [5, 5.41) is 0.508. The van der Waals surface area contributed by atoms with Crippen LogP contribution in [0.15, 0.2) is 31.8 Å². The van der Waals surface area contributed by atoms with Gasteiger partial charge in [-0.3, -0.25) is 0 Å². The van der Waals surface area contributed by atoms with E-state index in [1.807, 2.05) is 24.3 Å². The number of thiophene rings is 1. The van der Waals surface area contributed by atoms with Crippen LogP contribution in [0.2, 0.25) is 5.02 Å². The van der Waals surface area contributed by atoms with Gasteiger partial charge in [-0.25, -0.2) is 0 Å². The molecule has 90 valence electrons. The molecule has 0 radical (unpaired) electrons. The molecule has 17 heavy (non-hydrogen) atoms. The third kappa shape index (κ3) is 3.39. The zero-order valence-corrected chi connectivity index (χ0v) is 15.8. The third-order valence-electron chi connectivity index (χ3n) is 2.19. The van der Waals surface area contributed by atoms with Gasteiger partial charge < -0.3 is 0 Å². The van der Waals surface area contributed by atoms with Crippen LogP contribution in [0.3, 0.4) is 0 Å². The molecule has 0 saturated carbocycles. The summed E-state index contributed by atoms with van der Waals surface area (Å²) in [7, 11) is 0. The van der Waals surface area contributed by atoms with Crippen molar-refractivity contribution in [1.82, 2.24) is 0 Å². The standard InChI is InChI=1S/C11H5Br2Cl2IS/c12-9-4-7(11(13)17-9)10(15)6-3-5(14)1-2-8(6)16/h1-4,10H. The maximum atomic E-state index is 6.52. The minimum absolute atomic E-state index is 0.197. The van der Waals surface area contributed by atoms with Gasteiger partial charge in [-0.1, -0.05) is 11.6 Å². The monoisotopic (exact) mass is 524 g/mol. The predicted octanol–water partition coefficient (Wildman–Crippen LogP) is 6.86. The molecule has 0 N–H and O–H groups in total. The summed E-state index contributed by atoms with van der Waals surface area (Å²) >= 11 is 23.4. The lowest BCUT2D eigenvalue weighted by molar-refractivity contribution is 1.13. The topological polar surface area (TPSA) is 0 Å². The fourth-order valence-electron chi connectivity index (χ4n) is 1.40. The quantitative estimate of drug-likeness (QED) is 0.296. The highest BCUT2D eigenvalue weighted by molar-refractivity contribution is 14.1. The van der Waals surface area contributed by atoms with Gasteiger partial charge in [0.15, 0.2) is 0 Å². The first-order chi connectivity index (χ1) is 7.99. The normalized spacial score (nSPS) is 12.8. The Balaban J connectivity index is 2.46. The fourth-order valence-corrected chi connectivity index (χ4v) is 5.86. The SMILES string of the molecule is Clc1ccc(I)c(C(Cl)c2cc(Br)sc2Br)c1. The molecule has 0 bridgehead atoms. The summed E-state index contributed by atoms with van der Waals surface area (Å²) in [5.74, 6) is 0.